The molecule has 2 unspecified atom stereocenters. The van der Waals surface area contributed by atoms with Crippen LogP contribution in [-0.4, -0.2) is 11.0 Å². The highest BCUT2D eigenvalue weighted by Gasteiger charge is 2.21. The fourth-order valence-corrected chi connectivity index (χ4v) is 2.55. The summed E-state index contributed by atoms with van der Waals surface area (Å²) in [7, 11) is 0. The van der Waals surface area contributed by atoms with E-state index in [9.17, 15) is 0 Å². The summed E-state index contributed by atoms with van der Waals surface area (Å²) in [5.74, 6) is 0.479. The van der Waals surface area contributed by atoms with E-state index in [1.807, 2.05) is 25.1 Å². The van der Waals surface area contributed by atoms with Crippen molar-refractivity contribution in [2.45, 2.75) is 19.1 Å². The topological polar surface area (TPSA) is 48.1 Å². The summed E-state index contributed by atoms with van der Waals surface area (Å²) in [6.07, 6.45) is 1.30. The number of nitrogens with zero attached hydrogens (tertiary/aromatic N) is 1. The Morgan fingerprint density at radius 2 is 2.00 bits per heavy atom. The van der Waals surface area contributed by atoms with E-state index < -0.39 is 6.10 Å². The molecule has 106 valence electrons. The molecule has 2 atom stereocenters. The number of pyridine rings is 1. The van der Waals surface area contributed by atoms with Crippen LogP contribution in [0.25, 0.3) is 0 Å². The molecule has 0 radical (unpaired) electrons. The minimum atomic E-state index is -0.397. The van der Waals surface area contributed by atoms with Gasteiger partial charge in [0.15, 0.2) is 6.10 Å². The van der Waals surface area contributed by atoms with E-state index in [0.717, 1.165) is 5.69 Å². The molecule has 1 aromatic heterocycles. The molecule has 0 aliphatic carbocycles. The maximum atomic E-state index is 6.16. The summed E-state index contributed by atoms with van der Waals surface area (Å²) in [5.41, 5.74) is 6.73. The van der Waals surface area contributed by atoms with Crippen molar-refractivity contribution in [2.75, 3.05) is 0 Å². The minimum absolute atomic E-state index is 0.247. The smallest absolute Gasteiger partial charge is 0.155 e. The lowest BCUT2D eigenvalue weighted by Gasteiger charge is -2.22. The Labute approximate surface area is 136 Å². The normalized spacial score (nSPS) is 13.8. The van der Waals surface area contributed by atoms with Gasteiger partial charge in [-0.05, 0) is 41.1 Å². The van der Waals surface area contributed by atoms with Crippen molar-refractivity contribution in [3.05, 3.63) is 56.7 Å². The molecule has 0 amide bonds. The van der Waals surface area contributed by atoms with Crippen LogP contribution in [0.15, 0.2) is 41.0 Å². The Balaban J connectivity index is 2.32. The highest BCUT2D eigenvalue weighted by atomic mass is 79.9. The molecule has 0 aliphatic rings. The summed E-state index contributed by atoms with van der Waals surface area (Å²) in [5, 5.41) is 0.983. The summed E-state index contributed by atoms with van der Waals surface area (Å²) in [6.45, 7) is 1.85. The minimum Gasteiger partial charge on any atom is -0.481 e. The lowest BCUT2D eigenvalue weighted by molar-refractivity contribution is 0.176. The molecule has 0 saturated carbocycles. The average Bonchev–Trinajstić information content (AvgIpc) is 2.42. The molecular weight excluding hydrogens is 363 g/mol. The molecule has 1 heterocycles. The molecule has 2 aromatic rings. The van der Waals surface area contributed by atoms with Gasteiger partial charge in [-0.3, -0.25) is 4.98 Å². The predicted molar refractivity (Wildman–Crippen MR) is 85.4 cm³/mol. The number of nitrogens with two attached hydrogens (primary N) is 1. The van der Waals surface area contributed by atoms with Crippen molar-refractivity contribution in [1.29, 1.82) is 0 Å². The SMILES string of the molecule is CC(N)C(Oc1cc(Cl)c(Br)cc1Cl)c1ccccn1. The van der Waals surface area contributed by atoms with E-state index in [1.54, 1.807) is 18.3 Å². The molecule has 6 heteroatoms. The number of aromatic nitrogens is 1. The maximum Gasteiger partial charge on any atom is 0.155 e. The van der Waals surface area contributed by atoms with Gasteiger partial charge in [0.05, 0.1) is 15.7 Å². The highest BCUT2D eigenvalue weighted by Crippen LogP contribution is 2.36. The fraction of sp³-hybridized carbons (Fsp3) is 0.214. The van der Waals surface area contributed by atoms with Crippen molar-refractivity contribution in [3.8, 4) is 5.75 Å². The van der Waals surface area contributed by atoms with Crippen molar-refractivity contribution in [3.63, 3.8) is 0 Å². The molecule has 2 N–H and O–H groups in total. The van der Waals surface area contributed by atoms with Gasteiger partial charge in [-0.1, -0.05) is 29.3 Å². The van der Waals surface area contributed by atoms with Crippen LogP contribution in [-0.2, 0) is 0 Å². The van der Waals surface area contributed by atoms with Crippen LogP contribution in [0.3, 0.4) is 0 Å². The van der Waals surface area contributed by atoms with E-state index in [-0.39, 0.29) is 6.04 Å². The third-order valence-electron chi connectivity index (χ3n) is 2.69. The molecule has 3 nitrogen and oxygen atoms in total. The molecule has 0 aliphatic heterocycles. The van der Waals surface area contributed by atoms with Gasteiger partial charge in [-0.2, -0.15) is 0 Å². The third kappa shape index (κ3) is 3.64. The molecule has 0 fully saturated rings. The van der Waals surface area contributed by atoms with E-state index >= 15 is 0 Å². The summed E-state index contributed by atoms with van der Waals surface area (Å²) in [4.78, 5) is 4.28. The first-order valence-corrected chi connectivity index (χ1v) is 7.51. The Morgan fingerprint density at radius 1 is 1.25 bits per heavy atom. The number of halogens is 3. The first kappa shape index (κ1) is 15.6. The molecule has 0 spiro atoms. The molecule has 20 heavy (non-hydrogen) atoms. The summed E-state index contributed by atoms with van der Waals surface area (Å²) in [6, 6.07) is 8.69. The van der Waals surface area contributed by atoms with Crippen molar-refractivity contribution < 1.29 is 4.74 Å². The Morgan fingerprint density at radius 3 is 2.60 bits per heavy atom. The van der Waals surface area contributed by atoms with Crippen molar-refractivity contribution in [1.82, 2.24) is 4.98 Å². The van der Waals surface area contributed by atoms with Gasteiger partial charge in [0.25, 0.3) is 0 Å². The van der Waals surface area contributed by atoms with E-state index in [1.165, 1.54) is 0 Å². The highest BCUT2D eigenvalue weighted by molar-refractivity contribution is 9.10. The zero-order valence-corrected chi connectivity index (χ0v) is 13.8. The van der Waals surface area contributed by atoms with Gasteiger partial charge in [-0.25, -0.2) is 0 Å². The van der Waals surface area contributed by atoms with Gasteiger partial charge in [0.2, 0.25) is 0 Å². The molecule has 1 aromatic carbocycles. The maximum absolute atomic E-state index is 6.16. The molecular formula is C14H13BrCl2N2O. The van der Waals surface area contributed by atoms with Gasteiger partial charge >= 0.3 is 0 Å². The first-order chi connectivity index (χ1) is 9.49. The Hall–Kier alpha value is -0.810. The monoisotopic (exact) mass is 374 g/mol. The van der Waals surface area contributed by atoms with Crippen molar-refractivity contribution in [2.24, 2.45) is 5.73 Å². The number of hydrogen-bond donors (Lipinski definition) is 1. The summed E-state index contributed by atoms with van der Waals surface area (Å²) >= 11 is 15.5. The number of rotatable bonds is 4. The van der Waals surface area contributed by atoms with Crippen LogP contribution < -0.4 is 10.5 Å². The van der Waals surface area contributed by atoms with Crippen LogP contribution in [0, 0.1) is 0 Å². The quantitative estimate of drug-likeness (QED) is 0.793. The third-order valence-corrected chi connectivity index (χ3v) is 4.18. The number of ether oxygens (including phenoxy) is 1. The molecule has 0 saturated heterocycles. The van der Waals surface area contributed by atoms with Gasteiger partial charge in [0, 0.05) is 22.8 Å². The van der Waals surface area contributed by atoms with Gasteiger partial charge < -0.3 is 10.5 Å². The molecule has 0 bridgehead atoms. The second-order valence-corrected chi connectivity index (χ2v) is 6.02. The van der Waals surface area contributed by atoms with Crippen LogP contribution in [0.1, 0.15) is 18.7 Å². The standard InChI is InChI=1S/C14H13BrCl2N2O/c1-8(18)14(12-4-2-3-5-19-12)20-13-7-10(16)9(15)6-11(13)17/h2-8,14H,18H2,1H3. The summed E-state index contributed by atoms with van der Waals surface area (Å²) < 4.78 is 6.62. The fourth-order valence-electron chi connectivity index (χ4n) is 1.71. The lowest BCUT2D eigenvalue weighted by atomic mass is 10.1. The average molecular weight is 376 g/mol. The Kier molecular flexibility index (Phi) is 5.27. The van der Waals surface area contributed by atoms with Crippen LogP contribution in [0.4, 0.5) is 0 Å². The van der Waals surface area contributed by atoms with Crippen molar-refractivity contribution >= 4 is 39.1 Å². The lowest BCUT2D eigenvalue weighted by Crippen LogP contribution is -2.29. The number of benzene rings is 1. The Bertz CT molecular complexity index is 593. The van der Waals surface area contributed by atoms with E-state index in [4.69, 9.17) is 33.7 Å². The largest absolute Gasteiger partial charge is 0.481 e. The molecule has 2 rings (SSSR count). The van der Waals surface area contributed by atoms with Crippen LogP contribution >= 0.6 is 39.1 Å². The zero-order chi connectivity index (χ0) is 14.7. The van der Waals surface area contributed by atoms with E-state index in [2.05, 4.69) is 20.9 Å². The zero-order valence-electron chi connectivity index (χ0n) is 10.7. The second kappa shape index (κ2) is 6.76. The number of hydrogen-bond acceptors (Lipinski definition) is 3. The van der Waals surface area contributed by atoms with Crippen LogP contribution in [0.5, 0.6) is 5.75 Å². The van der Waals surface area contributed by atoms with Gasteiger partial charge in [0.1, 0.15) is 5.75 Å². The van der Waals surface area contributed by atoms with Crippen LogP contribution in [0.2, 0.25) is 10.0 Å². The first-order valence-electron chi connectivity index (χ1n) is 5.96. The predicted octanol–water partition coefficient (Wildman–Crippen LogP) is 4.62. The van der Waals surface area contributed by atoms with E-state index in [0.29, 0.717) is 20.3 Å². The van der Waals surface area contributed by atoms with Gasteiger partial charge in [-0.15, -0.1) is 0 Å². The second-order valence-electron chi connectivity index (χ2n) is 4.35.